The molecular weight excluding hydrogens is 326 g/mol. The van der Waals surface area contributed by atoms with Crippen molar-refractivity contribution in [3.05, 3.63) is 59.1 Å². The first kappa shape index (κ1) is 16.1. The summed E-state index contributed by atoms with van der Waals surface area (Å²) in [6.07, 6.45) is 0. The highest BCUT2D eigenvalue weighted by molar-refractivity contribution is 6.30. The lowest BCUT2D eigenvalue weighted by Crippen LogP contribution is -2.25. The molecule has 7 heteroatoms. The van der Waals surface area contributed by atoms with Gasteiger partial charge in [-0.15, -0.1) is 10.2 Å². The maximum absolute atomic E-state index is 12.3. The fraction of sp³-hybridized carbons (Fsp3) is 0.176. The maximum atomic E-state index is 12.3. The van der Waals surface area contributed by atoms with Gasteiger partial charge in [-0.05, 0) is 37.3 Å². The van der Waals surface area contributed by atoms with Crippen molar-refractivity contribution in [1.82, 2.24) is 20.2 Å². The molecule has 6 nitrogen and oxygen atoms in total. The molecule has 2 aromatic carbocycles. The number of nitrogens with zero attached hydrogens (tertiary/aromatic N) is 4. The Balaban J connectivity index is 1.74. The minimum atomic E-state index is -0.601. The lowest BCUT2D eigenvalue weighted by molar-refractivity contribution is -0.119. The van der Waals surface area contributed by atoms with Gasteiger partial charge in [-0.1, -0.05) is 47.5 Å². The van der Waals surface area contributed by atoms with E-state index < -0.39 is 6.04 Å². The molecule has 1 atom stereocenters. The zero-order valence-corrected chi connectivity index (χ0v) is 14.0. The summed E-state index contributed by atoms with van der Waals surface area (Å²) in [6, 6.07) is 14.2. The highest BCUT2D eigenvalue weighted by Gasteiger charge is 2.19. The molecule has 1 heterocycles. The molecule has 0 saturated carbocycles. The number of anilines is 1. The van der Waals surface area contributed by atoms with Gasteiger partial charge in [-0.25, -0.2) is 0 Å². The van der Waals surface area contributed by atoms with Crippen LogP contribution in [0.4, 0.5) is 5.69 Å². The number of carbonyl (C=O) groups excluding carboxylic acids is 1. The van der Waals surface area contributed by atoms with Gasteiger partial charge in [-0.2, -0.15) is 4.80 Å². The number of nitrogens with one attached hydrogen (secondary N) is 1. The lowest BCUT2D eigenvalue weighted by Gasteiger charge is -2.10. The minimum Gasteiger partial charge on any atom is -0.324 e. The van der Waals surface area contributed by atoms with E-state index in [1.54, 1.807) is 31.2 Å². The molecule has 0 spiro atoms. The molecule has 0 fully saturated rings. The topological polar surface area (TPSA) is 72.7 Å². The van der Waals surface area contributed by atoms with E-state index in [4.69, 9.17) is 11.6 Å². The van der Waals surface area contributed by atoms with E-state index in [0.29, 0.717) is 16.5 Å². The van der Waals surface area contributed by atoms with Crippen LogP contribution in [0.1, 0.15) is 18.5 Å². The van der Waals surface area contributed by atoms with Crippen LogP contribution in [-0.4, -0.2) is 26.1 Å². The van der Waals surface area contributed by atoms with Crippen LogP contribution < -0.4 is 5.32 Å². The third kappa shape index (κ3) is 3.60. The Kier molecular flexibility index (Phi) is 4.57. The summed E-state index contributed by atoms with van der Waals surface area (Å²) in [5.41, 5.74) is 2.63. The second kappa shape index (κ2) is 6.80. The number of aryl methyl sites for hydroxylation is 1. The molecular formula is C17H16ClN5O. The molecule has 3 aromatic rings. The van der Waals surface area contributed by atoms with Gasteiger partial charge in [0.25, 0.3) is 5.91 Å². The average molecular weight is 342 g/mol. The van der Waals surface area contributed by atoms with Crippen LogP contribution in [0, 0.1) is 6.92 Å². The first-order chi connectivity index (χ1) is 11.5. The van der Waals surface area contributed by atoms with Gasteiger partial charge in [0.15, 0.2) is 0 Å². The number of hydrogen-bond donors (Lipinski definition) is 1. The summed E-state index contributed by atoms with van der Waals surface area (Å²) in [6.45, 7) is 3.72. The predicted octanol–water partition coefficient (Wildman–Crippen LogP) is 3.50. The van der Waals surface area contributed by atoms with Crippen LogP contribution >= 0.6 is 11.6 Å². The maximum Gasteiger partial charge on any atom is 0.250 e. The number of benzene rings is 2. The second-order valence-electron chi connectivity index (χ2n) is 5.48. The average Bonchev–Trinajstić information content (AvgIpc) is 3.04. The molecule has 0 aliphatic heterocycles. The molecule has 0 saturated heterocycles. The van der Waals surface area contributed by atoms with E-state index in [1.165, 1.54) is 4.80 Å². The number of aromatic nitrogens is 4. The Hall–Kier alpha value is -2.73. The Labute approximate surface area is 144 Å². The molecule has 122 valence electrons. The second-order valence-corrected chi connectivity index (χ2v) is 5.91. The number of amides is 1. The summed E-state index contributed by atoms with van der Waals surface area (Å²) >= 11 is 5.92. The van der Waals surface area contributed by atoms with E-state index in [9.17, 15) is 4.79 Å². The van der Waals surface area contributed by atoms with E-state index >= 15 is 0 Å². The van der Waals surface area contributed by atoms with Gasteiger partial charge in [0.1, 0.15) is 6.04 Å². The van der Waals surface area contributed by atoms with Gasteiger partial charge in [-0.3, -0.25) is 4.79 Å². The molecule has 0 aliphatic carbocycles. The van der Waals surface area contributed by atoms with Crippen LogP contribution in [0.5, 0.6) is 0 Å². The van der Waals surface area contributed by atoms with E-state index in [0.717, 1.165) is 11.1 Å². The highest BCUT2D eigenvalue weighted by Crippen LogP contribution is 2.18. The lowest BCUT2D eigenvalue weighted by atomic mass is 10.1. The summed E-state index contributed by atoms with van der Waals surface area (Å²) in [5, 5.41) is 15.6. The minimum absolute atomic E-state index is 0.245. The van der Waals surface area contributed by atoms with Crippen molar-refractivity contribution >= 4 is 23.2 Å². The van der Waals surface area contributed by atoms with Crippen molar-refractivity contribution in [1.29, 1.82) is 0 Å². The Bertz CT molecular complexity index is 859. The SMILES string of the molecule is Cc1ccc(-c2nnn([C@H](C)C(=O)Nc3cccc(Cl)c3)n2)cc1. The number of carbonyl (C=O) groups is 1. The number of halogens is 1. The summed E-state index contributed by atoms with van der Waals surface area (Å²) in [4.78, 5) is 13.6. The molecule has 0 unspecified atom stereocenters. The largest absolute Gasteiger partial charge is 0.324 e. The zero-order chi connectivity index (χ0) is 17.1. The van der Waals surface area contributed by atoms with Crippen LogP contribution in [0.3, 0.4) is 0 Å². The molecule has 1 N–H and O–H groups in total. The standard InChI is InChI=1S/C17H16ClN5O/c1-11-6-8-13(9-7-11)16-20-22-23(21-16)12(2)17(24)19-15-5-3-4-14(18)10-15/h3-10,12H,1-2H3,(H,19,24)/t12-/m1/s1. The number of rotatable bonds is 4. The molecule has 0 radical (unpaired) electrons. The van der Waals surface area contributed by atoms with Crippen molar-refractivity contribution in [2.75, 3.05) is 5.32 Å². The molecule has 3 rings (SSSR count). The van der Waals surface area contributed by atoms with Crippen LogP contribution in [0.25, 0.3) is 11.4 Å². The zero-order valence-electron chi connectivity index (χ0n) is 13.3. The van der Waals surface area contributed by atoms with Crippen LogP contribution in [0.2, 0.25) is 5.02 Å². The fourth-order valence-electron chi connectivity index (χ4n) is 2.13. The third-order valence-electron chi connectivity index (χ3n) is 3.56. The van der Waals surface area contributed by atoms with Crippen molar-refractivity contribution in [2.45, 2.75) is 19.9 Å². The summed E-state index contributed by atoms with van der Waals surface area (Å²) in [5.74, 6) is 0.238. The summed E-state index contributed by atoms with van der Waals surface area (Å²) < 4.78 is 0. The molecule has 1 amide bonds. The summed E-state index contributed by atoms with van der Waals surface area (Å²) in [7, 11) is 0. The van der Waals surface area contributed by atoms with E-state index in [2.05, 4.69) is 20.7 Å². The first-order valence-electron chi connectivity index (χ1n) is 7.46. The van der Waals surface area contributed by atoms with Gasteiger partial charge < -0.3 is 5.32 Å². The Morgan fingerprint density at radius 2 is 1.96 bits per heavy atom. The normalized spacial score (nSPS) is 12.0. The Morgan fingerprint density at radius 3 is 2.67 bits per heavy atom. The van der Waals surface area contributed by atoms with Gasteiger partial charge >= 0.3 is 0 Å². The van der Waals surface area contributed by atoms with E-state index in [-0.39, 0.29) is 5.91 Å². The van der Waals surface area contributed by atoms with Gasteiger partial charge in [0.2, 0.25) is 5.82 Å². The predicted molar refractivity (Wildman–Crippen MR) is 92.8 cm³/mol. The Morgan fingerprint density at radius 1 is 1.21 bits per heavy atom. The van der Waals surface area contributed by atoms with Crippen molar-refractivity contribution in [2.24, 2.45) is 0 Å². The first-order valence-corrected chi connectivity index (χ1v) is 7.84. The van der Waals surface area contributed by atoms with Crippen LogP contribution in [0.15, 0.2) is 48.5 Å². The van der Waals surface area contributed by atoms with E-state index in [1.807, 2.05) is 31.2 Å². The van der Waals surface area contributed by atoms with Crippen LogP contribution in [-0.2, 0) is 4.79 Å². The van der Waals surface area contributed by atoms with Gasteiger partial charge in [0.05, 0.1) is 0 Å². The molecule has 0 aliphatic rings. The van der Waals surface area contributed by atoms with Crippen molar-refractivity contribution < 1.29 is 4.79 Å². The monoisotopic (exact) mass is 341 g/mol. The van der Waals surface area contributed by atoms with Crippen molar-refractivity contribution in [3.8, 4) is 11.4 Å². The smallest absolute Gasteiger partial charge is 0.250 e. The fourth-order valence-corrected chi connectivity index (χ4v) is 2.32. The molecule has 24 heavy (non-hydrogen) atoms. The highest BCUT2D eigenvalue weighted by atomic mass is 35.5. The molecule has 0 bridgehead atoms. The van der Waals surface area contributed by atoms with Crippen molar-refractivity contribution in [3.63, 3.8) is 0 Å². The van der Waals surface area contributed by atoms with Gasteiger partial charge in [0, 0.05) is 16.3 Å². The molecule has 1 aromatic heterocycles. The third-order valence-corrected chi connectivity index (χ3v) is 3.79. The quantitative estimate of drug-likeness (QED) is 0.788. The number of hydrogen-bond acceptors (Lipinski definition) is 4. The number of tetrazole rings is 1.